The van der Waals surface area contributed by atoms with Crippen molar-refractivity contribution in [3.05, 3.63) is 65.7 Å². The Morgan fingerprint density at radius 2 is 1.43 bits per heavy atom. The smallest absolute Gasteiger partial charge is 0.364 e. The molecule has 0 fully saturated rings. The highest BCUT2D eigenvalue weighted by Gasteiger charge is 2.35. The number of hydrogen-bond donors (Lipinski definition) is 0. The molecule has 0 amide bonds. The molecule has 2 atom stereocenters. The summed E-state index contributed by atoms with van der Waals surface area (Å²) in [5.74, 6) is 0.774. The molecule has 0 aliphatic carbocycles. The molecule has 206 valence electrons. The first-order chi connectivity index (χ1) is 17.9. The van der Waals surface area contributed by atoms with Crippen molar-refractivity contribution in [2.24, 2.45) is 0 Å². The number of ether oxygens (including phenoxy) is 2. The van der Waals surface area contributed by atoms with Crippen molar-refractivity contribution in [2.45, 2.75) is 110 Å². The van der Waals surface area contributed by atoms with Crippen LogP contribution >= 0.6 is 0 Å². The average Bonchev–Trinajstić information content (AvgIpc) is 2.88. The van der Waals surface area contributed by atoms with Crippen LogP contribution in [0.5, 0.6) is 5.75 Å². The second kappa shape index (κ2) is 17.2. The van der Waals surface area contributed by atoms with Crippen LogP contribution in [0.2, 0.25) is 0 Å². The van der Waals surface area contributed by atoms with Crippen molar-refractivity contribution < 1.29 is 18.8 Å². The number of carbonyl (C=O) groups excluding carboxylic acids is 1. The zero-order chi connectivity index (χ0) is 26.9. The predicted molar refractivity (Wildman–Crippen MR) is 155 cm³/mol. The third kappa shape index (κ3) is 12.2. The molecular weight excluding hydrogens is 458 g/mol. The number of esters is 1. The first-order valence-electron chi connectivity index (χ1n) is 14.6. The monoisotopic (exact) mass is 510 g/mol. The van der Waals surface area contributed by atoms with E-state index in [1.54, 1.807) is 0 Å². The fourth-order valence-electron chi connectivity index (χ4n) is 4.92. The molecule has 2 aromatic carbocycles. The Hall–Kier alpha value is -2.33. The summed E-state index contributed by atoms with van der Waals surface area (Å²) in [5, 5.41) is 0. The van der Waals surface area contributed by atoms with Crippen molar-refractivity contribution in [1.82, 2.24) is 0 Å². The molecule has 0 saturated heterocycles. The van der Waals surface area contributed by atoms with Gasteiger partial charge < -0.3 is 14.0 Å². The Morgan fingerprint density at radius 3 is 2.08 bits per heavy atom. The van der Waals surface area contributed by atoms with Gasteiger partial charge in [-0.2, -0.15) is 0 Å². The van der Waals surface area contributed by atoms with E-state index in [2.05, 4.69) is 64.3 Å². The van der Waals surface area contributed by atoms with Crippen molar-refractivity contribution in [2.75, 3.05) is 20.7 Å². The van der Waals surface area contributed by atoms with Crippen LogP contribution in [0.4, 0.5) is 0 Å². The second-order valence-electron chi connectivity index (χ2n) is 11.1. The minimum absolute atomic E-state index is 0.0155. The standard InChI is InChI=1S/C33H52NO3/c1-6-8-9-10-11-12-14-18-29-21-23-31(24-22-29)37-28(3)25-26-36-33(35)32(17-7-2)34(4,5)27-30-19-15-13-16-20-30/h13,15-16,19-24,28,32H,6-12,14,17-18,25-27H2,1-5H3/q+1. The van der Waals surface area contributed by atoms with Gasteiger partial charge in [-0.25, -0.2) is 4.79 Å². The molecule has 0 spiro atoms. The van der Waals surface area contributed by atoms with Crippen LogP contribution in [-0.2, 0) is 22.5 Å². The van der Waals surface area contributed by atoms with Crippen LogP contribution in [0.25, 0.3) is 0 Å². The van der Waals surface area contributed by atoms with E-state index >= 15 is 0 Å². The molecule has 37 heavy (non-hydrogen) atoms. The van der Waals surface area contributed by atoms with Crippen molar-refractivity contribution in [3.63, 3.8) is 0 Å². The van der Waals surface area contributed by atoms with Gasteiger partial charge in [-0.3, -0.25) is 0 Å². The normalized spacial score (nSPS) is 13.2. The van der Waals surface area contributed by atoms with Crippen LogP contribution in [-0.4, -0.2) is 43.3 Å². The zero-order valence-corrected chi connectivity index (χ0v) is 24.2. The Bertz CT molecular complexity index is 863. The molecule has 4 nitrogen and oxygen atoms in total. The maximum absolute atomic E-state index is 13.0. The minimum Gasteiger partial charge on any atom is -0.491 e. The van der Waals surface area contributed by atoms with E-state index in [4.69, 9.17) is 9.47 Å². The summed E-state index contributed by atoms with van der Waals surface area (Å²) in [7, 11) is 4.25. The van der Waals surface area contributed by atoms with Gasteiger partial charge in [0.15, 0.2) is 6.04 Å². The van der Waals surface area contributed by atoms with Crippen LogP contribution < -0.4 is 4.74 Å². The number of nitrogens with zero attached hydrogens (tertiary/aromatic N) is 1. The van der Waals surface area contributed by atoms with Crippen LogP contribution in [0.15, 0.2) is 54.6 Å². The van der Waals surface area contributed by atoms with Crippen LogP contribution in [0.3, 0.4) is 0 Å². The predicted octanol–water partition coefficient (Wildman–Crippen LogP) is 8.13. The number of unbranched alkanes of at least 4 members (excludes halogenated alkanes) is 6. The fraction of sp³-hybridized carbons (Fsp3) is 0.606. The third-order valence-electron chi connectivity index (χ3n) is 7.21. The molecule has 0 radical (unpaired) electrons. The number of benzene rings is 2. The molecule has 0 heterocycles. The van der Waals surface area contributed by atoms with E-state index in [0.29, 0.717) is 17.5 Å². The number of hydrogen-bond acceptors (Lipinski definition) is 3. The van der Waals surface area contributed by atoms with E-state index in [-0.39, 0.29) is 18.1 Å². The molecule has 0 aromatic heterocycles. The summed E-state index contributed by atoms with van der Waals surface area (Å²) < 4.78 is 12.4. The molecule has 0 N–H and O–H groups in total. The molecular formula is C33H52NO3+. The van der Waals surface area contributed by atoms with Gasteiger partial charge in [-0.05, 0) is 43.9 Å². The summed E-state index contributed by atoms with van der Waals surface area (Å²) in [6, 6.07) is 18.7. The van der Waals surface area contributed by atoms with E-state index in [1.807, 2.05) is 25.1 Å². The fourth-order valence-corrected chi connectivity index (χ4v) is 4.92. The maximum Gasteiger partial charge on any atom is 0.364 e. The lowest BCUT2D eigenvalue weighted by atomic mass is 10.0. The summed E-state index contributed by atoms with van der Waals surface area (Å²) in [6.07, 6.45) is 12.9. The largest absolute Gasteiger partial charge is 0.491 e. The van der Waals surface area contributed by atoms with Crippen LogP contribution in [0, 0.1) is 0 Å². The van der Waals surface area contributed by atoms with Crippen molar-refractivity contribution in [1.29, 1.82) is 0 Å². The zero-order valence-electron chi connectivity index (χ0n) is 24.2. The van der Waals surface area contributed by atoms with E-state index in [1.165, 1.54) is 56.1 Å². The molecule has 4 heteroatoms. The topological polar surface area (TPSA) is 35.5 Å². The number of quaternary nitrogens is 1. The van der Waals surface area contributed by atoms with Crippen LogP contribution in [0.1, 0.15) is 96.1 Å². The van der Waals surface area contributed by atoms with Gasteiger partial charge in [-0.15, -0.1) is 0 Å². The number of carbonyl (C=O) groups is 1. The Morgan fingerprint density at radius 1 is 0.784 bits per heavy atom. The van der Waals surface area contributed by atoms with Gasteiger partial charge in [0.2, 0.25) is 0 Å². The molecule has 0 aliphatic heterocycles. The van der Waals surface area contributed by atoms with Crippen molar-refractivity contribution >= 4 is 5.97 Å². The lowest BCUT2D eigenvalue weighted by Crippen LogP contribution is -2.52. The van der Waals surface area contributed by atoms with Gasteiger partial charge >= 0.3 is 5.97 Å². The van der Waals surface area contributed by atoms with E-state index in [0.717, 1.165) is 31.6 Å². The molecule has 0 bridgehead atoms. The lowest BCUT2D eigenvalue weighted by Gasteiger charge is -2.36. The van der Waals surface area contributed by atoms with Gasteiger partial charge in [0.1, 0.15) is 12.3 Å². The highest BCUT2D eigenvalue weighted by atomic mass is 16.5. The SMILES string of the molecule is CCCCCCCCCc1ccc(OC(C)CCOC(=O)C(CCC)[N+](C)(C)Cc2ccccc2)cc1. The van der Waals surface area contributed by atoms with Gasteiger partial charge in [0.25, 0.3) is 0 Å². The minimum atomic E-state index is -0.176. The summed E-state index contributed by atoms with van der Waals surface area (Å²) in [5.41, 5.74) is 2.61. The highest BCUT2D eigenvalue weighted by molar-refractivity contribution is 5.74. The maximum atomic E-state index is 13.0. The highest BCUT2D eigenvalue weighted by Crippen LogP contribution is 2.20. The second-order valence-corrected chi connectivity index (χ2v) is 11.1. The molecule has 2 unspecified atom stereocenters. The Labute approximate surface area is 227 Å². The number of aryl methyl sites for hydroxylation is 1. The Balaban J connectivity index is 1.72. The van der Waals surface area contributed by atoms with Gasteiger partial charge in [-0.1, -0.05) is 94.8 Å². The first kappa shape index (κ1) is 30.9. The van der Waals surface area contributed by atoms with Gasteiger partial charge in [0.05, 0.1) is 26.8 Å². The summed E-state index contributed by atoms with van der Waals surface area (Å²) in [4.78, 5) is 13.0. The lowest BCUT2D eigenvalue weighted by molar-refractivity contribution is -0.920. The summed E-state index contributed by atoms with van der Waals surface area (Å²) in [6.45, 7) is 7.61. The van der Waals surface area contributed by atoms with E-state index < -0.39 is 0 Å². The average molecular weight is 511 g/mol. The van der Waals surface area contributed by atoms with Crippen molar-refractivity contribution in [3.8, 4) is 5.75 Å². The number of likely N-dealkylation sites (N-methyl/N-ethyl adjacent to an activating group) is 1. The molecule has 2 rings (SSSR count). The summed E-state index contributed by atoms with van der Waals surface area (Å²) >= 11 is 0. The molecule has 0 saturated carbocycles. The van der Waals surface area contributed by atoms with Gasteiger partial charge in [0, 0.05) is 18.4 Å². The Kier molecular flexibility index (Phi) is 14.4. The first-order valence-corrected chi connectivity index (χ1v) is 14.6. The molecule has 2 aromatic rings. The quantitative estimate of drug-likeness (QED) is 0.109. The van der Waals surface area contributed by atoms with E-state index in [9.17, 15) is 4.79 Å². The molecule has 0 aliphatic rings. The number of rotatable bonds is 19. The third-order valence-corrected chi connectivity index (χ3v) is 7.21.